The summed E-state index contributed by atoms with van der Waals surface area (Å²) in [6.07, 6.45) is 2.12. The van der Waals surface area contributed by atoms with E-state index in [4.69, 9.17) is 5.73 Å². The first-order chi connectivity index (χ1) is 8.77. The van der Waals surface area contributed by atoms with Gasteiger partial charge in [-0.25, -0.2) is 0 Å². The maximum atomic E-state index is 6.36. The molecule has 2 unspecified atom stereocenters. The lowest BCUT2D eigenvalue weighted by molar-refractivity contribution is 0.517. The van der Waals surface area contributed by atoms with Gasteiger partial charge in [0.25, 0.3) is 0 Å². The van der Waals surface area contributed by atoms with E-state index in [1.807, 2.05) is 0 Å². The number of hydrogen-bond acceptors (Lipinski definition) is 1. The van der Waals surface area contributed by atoms with Crippen molar-refractivity contribution in [2.45, 2.75) is 24.8 Å². The number of halogens is 1. The molecule has 0 aliphatic heterocycles. The van der Waals surface area contributed by atoms with E-state index in [-0.39, 0.29) is 6.04 Å². The van der Waals surface area contributed by atoms with Crippen LogP contribution in [0.25, 0.3) is 0 Å². The summed E-state index contributed by atoms with van der Waals surface area (Å²) >= 11 is 3.66. The Hall–Kier alpha value is -1.12. The van der Waals surface area contributed by atoms with Gasteiger partial charge in [0.15, 0.2) is 0 Å². The van der Waals surface area contributed by atoms with Crippen LogP contribution >= 0.6 is 15.9 Å². The summed E-state index contributed by atoms with van der Waals surface area (Å²) in [4.78, 5) is 0. The fraction of sp³-hybridized carbons (Fsp3) is 0.250. The molecule has 2 aromatic carbocycles. The highest BCUT2D eigenvalue weighted by molar-refractivity contribution is 9.10. The number of hydrogen-bond donors (Lipinski definition) is 1. The van der Waals surface area contributed by atoms with Crippen molar-refractivity contribution in [1.29, 1.82) is 0 Å². The second kappa shape index (κ2) is 4.87. The van der Waals surface area contributed by atoms with Crippen LogP contribution in [-0.4, -0.2) is 6.04 Å². The van der Waals surface area contributed by atoms with Gasteiger partial charge in [-0.3, -0.25) is 0 Å². The lowest BCUT2D eigenvalue weighted by Gasteiger charge is -2.32. The van der Waals surface area contributed by atoms with Gasteiger partial charge in [0.1, 0.15) is 0 Å². The minimum atomic E-state index is 0.217. The van der Waals surface area contributed by atoms with E-state index in [9.17, 15) is 0 Å². The number of fused-ring (bicyclic) bond motifs is 1. The van der Waals surface area contributed by atoms with Crippen LogP contribution in [0.1, 0.15) is 29.0 Å². The molecule has 18 heavy (non-hydrogen) atoms. The molecule has 0 aromatic heterocycles. The van der Waals surface area contributed by atoms with Crippen LogP contribution in [-0.2, 0) is 6.42 Å². The fourth-order valence-corrected chi connectivity index (χ4v) is 3.51. The predicted molar refractivity (Wildman–Crippen MR) is 78.7 cm³/mol. The molecule has 2 heteroatoms. The molecule has 0 saturated carbocycles. The first kappa shape index (κ1) is 11.9. The molecular weight excluding hydrogens is 286 g/mol. The van der Waals surface area contributed by atoms with Crippen molar-refractivity contribution in [3.05, 3.63) is 69.7 Å². The van der Waals surface area contributed by atoms with E-state index >= 15 is 0 Å². The highest BCUT2D eigenvalue weighted by Crippen LogP contribution is 2.38. The lowest BCUT2D eigenvalue weighted by Crippen LogP contribution is -2.33. The van der Waals surface area contributed by atoms with Crippen LogP contribution in [0.4, 0.5) is 0 Å². The third-order valence-electron chi connectivity index (χ3n) is 3.80. The molecule has 1 aliphatic rings. The van der Waals surface area contributed by atoms with Crippen molar-refractivity contribution < 1.29 is 0 Å². The fourth-order valence-electron chi connectivity index (χ4n) is 2.93. The maximum absolute atomic E-state index is 6.36. The van der Waals surface area contributed by atoms with Crippen LogP contribution in [0.15, 0.2) is 53.0 Å². The molecule has 0 fully saturated rings. The first-order valence-electron chi connectivity index (χ1n) is 6.35. The van der Waals surface area contributed by atoms with Crippen molar-refractivity contribution in [2.24, 2.45) is 5.73 Å². The van der Waals surface area contributed by atoms with Gasteiger partial charge in [0, 0.05) is 16.4 Å². The molecule has 0 heterocycles. The summed E-state index contributed by atoms with van der Waals surface area (Å²) < 4.78 is 1.22. The molecule has 0 amide bonds. The van der Waals surface area contributed by atoms with E-state index in [2.05, 4.69) is 64.5 Å². The minimum absolute atomic E-state index is 0.217. The zero-order valence-corrected chi connectivity index (χ0v) is 11.7. The SMILES string of the molecule is NC1CCc2c(Br)cccc2C1c1ccccc1. The van der Waals surface area contributed by atoms with Crippen molar-refractivity contribution >= 4 is 15.9 Å². The molecule has 1 nitrogen and oxygen atoms in total. The van der Waals surface area contributed by atoms with Gasteiger partial charge in [-0.2, -0.15) is 0 Å². The molecule has 3 rings (SSSR count). The minimum Gasteiger partial charge on any atom is -0.327 e. The molecule has 0 saturated heterocycles. The Kier molecular flexibility index (Phi) is 3.23. The van der Waals surface area contributed by atoms with Crippen LogP contribution in [0, 0.1) is 0 Å². The van der Waals surface area contributed by atoms with E-state index in [1.54, 1.807) is 0 Å². The zero-order chi connectivity index (χ0) is 12.5. The number of rotatable bonds is 1. The van der Waals surface area contributed by atoms with Crippen LogP contribution in [0.3, 0.4) is 0 Å². The quantitative estimate of drug-likeness (QED) is 0.850. The molecule has 0 bridgehead atoms. The van der Waals surface area contributed by atoms with Crippen LogP contribution in [0.5, 0.6) is 0 Å². The standard InChI is InChI=1S/C16H16BrN/c17-14-8-4-7-13-12(14)9-10-15(18)16(13)11-5-2-1-3-6-11/h1-8,15-16H,9-10,18H2. The molecule has 0 spiro atoms. The summed E-state index contributed by atoms with van der Waals surface area (Å²) in [5.41, 5.74) is 10.5. The van der Waals surface area contributed by atoms with Crippen molar-refractivity contribution in [3.63, 3.8) is 0 Å². The topological polar surface area (TPSA) is 26.0 Å². The Morgan fingerprint density at radius 2 is 1.78 bits per heavy atom. The normalized spacial score (nSPS) is 22.6. The van der Waals surface area contributed by atoms with Gasteiger partial charge in [-0.05, 0) is 35.6 Å². The summed E-state index contributed by atoms with van der Waals surface area (Å²) in [6, 6.07) is 17.3. The van der Waals surface area contributed by atoms with Gasteiger partial charge in [-0.15, -0.1) is 0 Å². The molecule has 92 valence electrons. The second-order valence-corrected chi connectivity index (χ2v) is 5.75. The molecule has 0 radical (unpaired) electrons. The smallest absolute Gasteiger partial charge is 0.0244 e. The van der Waals surface area contributed by atoms with E-state index in [0.717, 1.165) is 12.8 Å². The number of nitrogens with two attached hydrogens (primary N) is 1. The second-order valence-electron chi connectivity index (χ2n) is 4.90. The Bertz CT molecular complexity index is 550. The number of benzene rings is 2. The Labute approximate surface area is 116 Å². The maximum Gasteiger partial charge on any atom is 0.0244 e. The summed E-state index contributed by atoms with van der Waals surface area (Å²) in [5, 5.41) is 0. The summed E-state index contributed by atoms with van der Waals surface area (Å²) in [5.74, 6) is 0.326. The molecule has 2 atom stereocenters. The Morgan fingerprint density at radius 1 is 1.00 bits per heavy atom. The zero-order valence-electron chi connectivity index (χ0n) is 10.1. The Balaban J connectivity index is 2.13. The average Bonchev–Trinajstić information content (AvgIpc) is 2.40. The molecule has 2 N–H and O–H groups in total. The molecular formula is C16H16BrN. The highest BCUT2D eigenvalue weighted by Gasteiger charge is 2.28. The van der Waals surface area contributed by atoms with Gasteiger partial charge in [0.2, 0.25) is 0 Å². The van der Waals surface area contributed by atoms with Crippen molar-refractivity contribution in [2.75, 3.05) is 0 Å². The van der Waals surface area contributed by atoms with Gasteiger partial charge >= 0.3 is 0 Å². The highest BCUT2D eigenvalue weighted by atomic mass is 79.9. The molecule has 2 aromatic rings. The van der Waals surface area contributed by atoms with Gasteiger partial charge in [-0.1, -0.05) is 58.4 Å². The largest absolute Gasteiger partial charge is 0.327 e. The lowest BCUT2D eigenvalue weighted by atomic mass is 9.76. The van der Waals surface area contributed by atoms with E-state index in [1.165, 1.54) is 21.2 Å². The molecule has 1 aliphatic carbocycles. The van der Waals surface area contributed by atoms with Crippen molar-refractivity contribution in [1.82, 2.24) is 0 Å². The monoisotopic (exact) mass is 301 g/mol. The summed E-state index contributed by atoms with van der Waals surface area (Å²) in [7, 11) is 0. The van der Waals surface area contributed by atoms with Crippen LogP contribution in [0.2, 0.25) is 0 Å². The predicted octanol–water partition coefficient (Wildman–Crippen LogP) is 3.85. The third kappa shape index (κ3) is 2.00. The summed E-state index contributed by atoms with van der Waals surface area (Å²) in [6.45, 7) is 0. The van der Waals surface area contributed by atoms with Gasteiger partial charge in [0.05, 0.1) is 0 Å². The first-order valence-corrected chi connectivity index (χ1v) is 7.14. The van der Waals surface area contributed by atoms with E-state index in [0.29, 0.717) is 5.92 Å². The van der Waals surface area contributed by atoms with Gasteiger partial charge < -0.3 is 5.73 Å². The van der Waals surface area contributed by atoms with E-state index < -0.39 is 0 Å². The van der Waals surface area contributed by atoms with Crippen molar-refractivity contribution in [3.8, 4) is 0 Å². The Morgan fingerprint density at radius 3 is 2.56 bits per heavy atom. The third-order valence-corrected chi connectivity index (χ3v) is 4.55. The average molecular weight is 302 g/mol. The van der Waals surface area contributed by atoms with Crippen LogP contribution < -0.4 is 5.73 Å².